The molecular formula is C25H34N4O4S. The first-order chi connectivity index (χ1) is 16.3. The van der Waals surface area contributed by atoms with Crippen LogP contribution in [0.2, 0.25) is 0 Å². The molecule has 1 atom stereocenters. The fraction of sp³-hybridized carbons (Fsp3) is 0.520. The SMILES string of the molecule is Cc1ccc(C)c(NC(=O)[C@H]2CCCN(S(=O)(=O)c3c[nH]c(C(=O)N4CCCCCC4)c3)C2)c1. The smallest absolute Gasteiger partial charge is 0.270 e. The van der Waals surface area contributed by atoms with E-state index in [2.05, 4.69) is 10.3 Å². The van der Waals surface area contributed by atoms with Crippen LogP contribution in [0.1, 0.15) is 60.1 Å². The number of rotatable bonds is 5. The van der Waals surface area contributed by atoms with Gasteiger partial charge in [-0.2, -0.15) is 4.31 Å². The zero-order valence-electron chi connectivity index (χ0n) is 20.0. The first-order valence-electron chi connectivity index (χ1n) is 12.1. The van der Waals surface area contributed by atoms with E-state index < -0.39 is 15.9 Å². The zero-order valence-corrected chi connectivity index (χ0v) is 20.8. The van der Waals surface area contributed by atoms with Crippen molar-refractivity contribution in [3.8, 4) is 0 Å². The number of hydrogen-bond acceptors (Lipinski definition) is 4. The number of sulfonamides is 1. The number of carbonyl (C=O) groups excluding carboxylic acids is 2. The van der Waals surface area contributed by atoms with Gasteiger partial charge in [0.1, 0.15) is 10.6 Å². The summed E-state index contributed by atoms with van der Waals surface area (Å²) in [5, 5.41) is 2.98. The number of aromatic amines is 1. The molecule has 2 N–H and O–H groups in total. The van der Waals surface area contributed by atoms with Gasteiger partial charge in [0.2, 0.25) is 15.9 Å². The van der Waals surface area contributed by atoms with E-state index in [1.165, 1.54) is 16.6 Å². The molecule has 2 aromatic rings. The van der Waals surface area contributed by atoms with Crippen molar-refractivity contribution in [1.29, 1.82) is 0 Å². The van der Waals surface area contributed by atoms with Crippen LogP contribution in [0, 0.1) is 19.8 Å². The van der Waals surface area contributed by atoms with Gasteiger partial charge in [0.25, 0.3) is 5.91 Å². The summed E-state index contributed by atoms with van der Waals surface area (Å²) in [6, 6.07) is 7.30. The Morgan fingerprint density at radius 2 is 1.74 bits per heavy atom. The predicted molar refractivity (Wildman–Crippen MR) is 131 cm³/mol. The van der Waals surface area contributed by atoms with Crippen molar-refractivity contribution in [3.63, 3.8) is 0 Å². The van der Waals surface area contributed by atoms with Crippen molar-refractivity contribution < 1.29 is 18.0 Å². The van der Waals surface area contributed by atoms with E-state index in [1.54, 1.807) is 4.90 Å². The van der Waals surface area contributed by atoms with Crippen LogP contribution in [0.25, 0.3) is 0 Å². The van der Waals surface area contributed by atoms with Crippen LogP contribution in [0.3, 0.4) is 0 Å². The fourth-order valence-corrected chi connectivity index (χ4v) is 6.24. The molecule has 0 aliphatic carbocycles. The van der Waals surface area contributed by atoms with Crippen LogP contribution in [0.5, 0.6) is 0 Å². The molecule has 9 heteroatoms. The Balaban J connectivity index is 1.44. The number of H-pyrrole nitrogens is 1. The number of piperidine rings is 1. The number of amides is 2. The average Bonchev–Trinajstić information content (AvgIpc) is 3.18. The highest BCUT2D eigenvalue weighted by molar-refractivity contribution is 7.89. The van der Waals surface area contributed by atoms with E-state index in [0.29, 0.717) is 38.2 Å². The Morgan fingerprint density at radius 1 is 1.00 bits per heavy atom. The maximum absolute atomic E-state index is 13.3. The summed E-state index contributed by atoms with van der Waals surface area (Å²) >= 11 is 0. The van der Waals surface area contributed by atoms with Gasteiger partial charge in [-0.3, -0.25) is 9.59 Å². The van der Waals surface area contributed by atoms with Gasteiger partial charge in [-0.1, -0.05) is 25.0 Å². The maximum Gasteiger partial charge on any atom is 0.270 e. The molecule has 2 fully saturated rings. The summed E-state index contributed by atoms with van der Waals surface area (Å²) in [7, 11) is -3.82. The van der Waals surface area contributed by atoms with E-state index in [1.807, 2.05) is 32.0 Å². The van der Waals surface area contributed by atoms with Crippen molar-refractivity contribution >= 4 is 27.5 Å². The van der Waals surface area contributed by atoms with Gasteiger partial charge in [0.05, 0.1) is 5.92 Å². The predicted octanol–water partition coefficient (Wildman–Crippen LogP) is 3.69. The van der Waals surface area contributed by atoms with Crippen LogP contribution >= 0.6 is 0 Å². The molecule has 0 spiro atoms. The lowest BCUT2D eigenvalue weighted by Crippen LogP contribution is -2.43. The molecule has 3 heterocycles. The van der Waals surface area contributed by atoms with Crippen LogP contribution in [-0.2, 0) is 14.8 Å². The van der Waals surface area contributed by atoms with Crippen molar-refractivity contribution in [3.05, 3.63) is 47.3 Å². The van der Waals surface area contributed by atoms with Crippen molar-refractivity contribution in [1.82, 2.24) is 14.2 Å². The van der Waals surface area contributed by atoms with E-state index in [9.17, 15) is 18.0 Å². The summed E-state index contributed by atoms with van der Waals surface area (Å²) in [5.41, 5.74) is 3.06. The summed E-state index contributed by atoms with van der Waals surface area (Å²) in [5.74, 6) is -0.756. The number of nitrogens with one attached hydrogen (secondary N) is 2. The van der Waals surface area contributed by atoms with Gasteiger partial charge in [-0.25, -0.2) is 8.42 Å². The number of hydrogen-bond donors (Lipinski definition) is 2. The lowest BCUT2D eigenvalue weighted by molar-refractivity contribution is -0.120. The second kappa shape index (κ2) is 10.3. The molecule has 2 amide bonds. The monoisotopic (exact) mass is 486 g/mol. The zero-order chi connectivity index (χ0) is 24.3. The Hall–Kier alpha value is -2.65. The van der Waals surface area contributed by atoms with Crippen LogP contribution in [0.4, 0.5) is 5.69 Å². The third-order valence-electron chi connectivity index (χ3n) is 6.82. The summed E-state index contributed by atoms with van der Waals surface area (Å²) in [4.78, 5) is 30.6. The van der Waals surface area contributed by atoms with Crippen molar-refractivity contribution in [2.75, 3.05) is 31.5 Å². The number of aromatic nitrogens is 1. The van der Waals surface area contributed by atoms with Gasteiger partial charge < -0.3 is 15.2 Å². The lowest BCUT2D eigenvalue weighted by Gasteiger charge is -2.31. The molecule has 2 aliphatic rings. The van der Waals surface area contributed by atoms with Gasteiger partial charge >= 0.3 is 0 Å². The molecule has 1 aromatic carbocycles. The van der Waals surface area contributed by atoms with Crippen molar-refractivity contribution in [2.24, 2.45) is 5.92 Å². The topological polar surface area (TPSA) is 103 Å². The largest absolute Gasteiger partial charge is 0.356 e. The Labute approximate surface area is 201 Å². The maximum atomic E-state index is 13.3. The number of benzene rings is 1. The summed E-state index contributed by atoms with van der Waals surface area (Å²) in [6.07, 6.45) is 6.79. The number of nitrogens with zero attached hydrogens (tertiary/aromatic N) is 2. The quantitative estimate of drug-likeness (QED) is 0.673. The Morgan fingerprint density at radius 3 is 2.47 bits per heavy atom. The fourth-order valence-electron chi connectivity index (χ4n) is 4.72. The van der Waals surface area contributed by atoms with Gasteiger partial charge in [-0.05, 0) is 62.8 Å². The third kappa shape index (κ3) is 5.36. The molecule has 34 heavy (non-hydrogen) atoms. The van der Waals surface area contributed by atoms with Crippen LogP contribution in [-0.4, -0.2) is 60.6 Å². The van der Waals surface area contributed by atoms with E-state index >= 15 is 0 Å². The Kier molecular flexibility index (Phi) is 7.42. The van der Waals surface area contributed by atoms with Crippen LogP contribution < -0.4 is 5.32 Å². The second-order valence-corrected chi connectivity index (χ2v) is 11.4. The average molecular weight is 487 g/mol. The highest BCUT2D eigenvalue weighted by Crippen LogP contribution is 2.26. The molecule has 2 aliphatic heterocycles. The van der Waals surface area contributed by atoms with Gasteiger partial charge in [0, 0.05) is 38.1 Å². The highest BCUT2D eigenvalue weighted by Gasteiger charge is 2.34. The molecule has 8 nitrogen and oxygen atoms in total. The minimum atomic E-state index is -3.82. The third-order valence-corrected chi connectivity index (χ3v) is 8.67. The molecular weight excluding hydrogens is 452 g/mol. The molecule has 2 saturated heterocycles. The number of aryl methyl sites for hydroxylation is 2. The van der Waals surface area contributed by atoms with E-state index in [4.69, 9.17) is 0 Å². The molecule has 0 bridgehead atoms. The normalized spacial score (nSPS) is 20.1. The molecule has 4 rings (SSSR count). The molecule has 1 aromatic heterocycles. The summed E-state index contributed by atoms with van der Waals surface area (Å²) < 4.78 is 28.0. The molecule has 184 valence electrons. The van der Waals surface area contributed by atoms with Crippen molar-refractivity contribution in [2.45, 2.75) is 57.3 Å². The van der Waals surface area contributed by atoms with E-state index in [-0.39, 0.29) is 23.3 Å². The second-order valence-electron chi connectivity index (χ2n) is 9.47. The molecule has 0 unspecified atom stereocenters. The molecule has 0 saturated carbocycles. The number of likely N-dealkylation sites (tertiary alicyclic amines) is 1. The van der Waals surface area contributed by atoms with Crippen LogP contribution in [0.15, 0.2) is 35.4 Å². The molecule has 0 radical (unpaired) electrons. The number of anilines is 1. The van der Waals surface area contributed by atoms with E-state index in [0.717, 1.165) is 42.5 Å². The Bertz CT molecular complexity index is 1150. The number of carbonyl (C=O) groups is 2. The van der Waals surface area contributed by atoms with Gasteiger partial charge in [0.15, 0.2) is 0 Å². The van der Waals surface area contributed by atoms with Gasteiger partial charge in [-0.15, -0.1) is 0 Å². The first kappa shape index (κ1) is 24.5. The minimum absolute atomic E-state index is 0.0706. The minimum Gasteiger partial charge on any atom is -0.356 e. The summed E-state index contributed by atoms with van der Waals surface area (Å²) in [6.45, 7) is 5.78. The highest BCUT2D eigenvalue weighted by atomic mass is 32.2. The first-order valence-corrected chi connectivity index (χ1v) is 13.6. The standard InChI is InChI=1S/C25H34N4O4S/c1-18-9-10-19(2)22(14-18)27-24(30)20-8-7-13-29(17-20)34(32,33)21-15-23(26-16-21)25(31)28-11-5-3-4-6-12-28/h9-10,14-16,20,26H,3-8,11-13,17H2,1-2H3,(H,27,30)/t20-/m0/s1. The lowest BCUT2D eigenvalue weighted by atomic mass is 9.98.